The molecule has 6 nitrogen and oxygen atoms in total. The summed E-state index contributed by atoms with van der Waals surface area (Å²) in [6.07, 6.45) is 1.68. The number of anilines is 2. The molecule has 0 atom stereocenters. The molecule has 2 aromatic heterocycles. The molecule has 0 amide bonds. The quantitative estimate of drug-likeness (QED) is 0.801. The summed E-state index contributed by atoms with van der Waals surface area (Å²) in [5, 5.41) is 5.66. The van der Waals surface area contributed by atoms with Crippen LogP contribution in [0.1, 0.15) is 12.5 Å². The molecule has 0 radical (unpaired) electrons. The van der Waals surface area contributed by atoms with Crippen molar-refractivity contribution in [3.8, 4) is 0 Å². The molecule has 0 aliphatic rings. The topological polar surface area (TPSA) is 72.9 Å². The molecule has 0 saturated carbocycles. The van der Waals surface area contributed by atoms with Gasteiger partial charge in [0.25, 0.3) is 0 Å². The van der Waals surface area contributed by atoms with E-state index in [1.807, 2.05) is 31.3 Å². The molecule has 114 valence electrons. The molecule has 0 fully saturated rings. The fourth-order valence-corrected chi connectivity index (χ4v) is 2.57. The minimum absolute atomic E-state index is 0.442. The van der Waals surface area contributed by atoms with Gasteiger partial charge in [-0.15, -0.1) is 0 Å². The minimum Gasteiger partial charge on any atom is -0.383 e. The van der Waals surface area contributed by atoms with Crippen molar-refractivity contribution in [3.63, 3.8) is 0 Å². The van der Waals surface area contributed by atoms with Gasteiger partial charge in [0, 0.05) is 25.2 Å². The van der Waals surface area contributed by atoms with E-state index in [0.29, 0.717) is 18.3 Å². The number of rotatable bonds is 4. The number of fused-ring (bicyclic) bond motifs is 1. The van der Waals surface area contributed by atoms with Gasteiger partial charge < -0.3 is 10.6 Å². The van der Waals surface area contributed by atoms with Crippen LogP contribution in [0.4, 0.5) is 11.8 Å². The van der Waals surface area contributed by atoms with E-state index in [2.05, 4.69) is 26.9 Å². The zero-order valence-electron chi connectivity index (χ0n) is 12.5. The summed E-state index contributed by atoms with van der Waals surface area (Å²) in [4.78, 5) is 11.0. The smallest absolute Gasteiger partial charge is 0.229 e. The average molecular weight is 317 g/mol. The third kappa shape index (κ3) is 2.69. The molecule has 7 heteroatoms. The summed E-state index contributed by atoms with van der Waals surface area (Å²) in [6.45, 7) is 3.48. The van der Waals surface area contributed by atoms with Crippen molar-refractivity contribution in [2.75, 3.05) is 17.2 Å². The first-order valence-corrected chi connectivity index (χ1v) is 7.41. The van der Waals surface area contributed by atoms with Crippen molar-refractivity contribution in [2.45, 2.75) is 13.5 Å². The maximum Gasteiger partial charge on any atom is 0.229 e. The highest BCUT2D eigenvalue weighted by Gasteiger charge is 2.14. The van der Waals surface area contributed by atoms with E-state index in [4.69, 9.17) is 17.3 Å². The van der Waals surface area contributed by atoms with Crippen LogP contribution < -0.4 is 10.6 Å². The highest BCUT2D eigenvalue weighted by Crippen LogP contribution is 2.22. The largest absolute Gasteiger partial charge is 0.383 e. The van der Waals surface area contributed by atoms with Crippen LogP contribution in [-0.2, 0) is 13.6 Å². The Bertz CT molecular complexity index is 813. The van der Waals surface area contributed by atoms with Gasteiger partial charge in [-0.25, -0.2) is 0 Å². The molecule has 2 heterocycles. The standard InChI is InChI=1S/C15H17ClN6/c1-3-22(9-10-5-4-6-11(16)7-10)15-19-13(17)12-8-18-21(2)14(12)20-15/h4-8H,3,9H2,1-2H3,(H2,17,19,20). The summed E-state index contributed by atoms with van der Waals surface area (Å²) in [7, 11) is 1.84. The number of nitrogen functional groups attached to an aromatic ring is 1. The number of aromatic nitrogens is 4. The van der Waals surface area contributed by atoms with Gasteiger partial charge in [-0.2, -0.15) is 15.1 Å². The lowest BCUT2D eigenvalue weighted by Gasteiger charge is -2.21. The fourth-order valence-electron chi connectivity index (χ4n) is 2.35. The molecule has 0 saturated heterocycles. The van der Waals surface area contributed by atoms with Gasteiger partial charge in [0.15, 0.2) is 5.65 Å². The number of hydrogen-bond acceptors (Lipinski definition) is 5. The number of hydrogen-bond donors (Lipinski definition) is 1. The van der Waals surface area contributed by atoms with E-state index in [9.17, 15) is 0 Å². The first-order chi connectivity index (χ1) is 10.6. The second-order valence-electron chi connectivity index (χ2n) is 5.06. The number of nitrogens with two attached hydrogens (primary N) is 1. The lowest BCUT2D eigenvalue weighted by atomic mass is 10.2. The van der Waals surface area contributed by atoms with E-state index >= 15 is 0 Å². The Hall–Kier alpha value is -2.34. The zero-order chi connectivity index (χ0) is 15.7. The molecule has 3 rings (SSSR count). The van der Waals surface area contributed by atoms with Crippen LogP contribution in [0, 0.1) is 0 Å². The SMILES string of the molecule is CCN(Cc1cccc(Cl)c1)c1nc(N)c2cnn(C)c2n1. The molecular formula is C15H17ClN6. The number of nitrogens with zero attached hydrogens (tertiary/aromatic N) is 5. The van der Waals surface area contributed by atoms with Gasteiger partial charge in [-0.05, 0) is 24.6 Å². The molecule has 22 heavy (non-hydrogen) atoms. The van der Waals surface area contributed by atoms with Gasteiger partial charge in [0.1, 0.15) is 5.82 Å². The molecule has 1 aromatic carbocycles. The van der Waals surface area contributed by atoms with Crippen LogP contribution >= 0.6 is 11.6 Å². The molecule has 0 unspecified atom stereocenters. The van der Waals surface area contributed by atoms with E-state index in [1.165, 1.54) is 0 Å². The third-order valence-corrected chi connectivity index (χ3v) is 3.77. The van der Waals surface area contributed by atoms with Crippen LogP contribution in [0.3, 0.4) is 0 Å². The van der Waals surface area contributed by atoms with Gasteiger partial charge in [0.05, 0.1) is 11.6 Å². The van der Waals surface area contributed by atoms with E-state index in [0.717, 1.165) is 28.2 Å². The van der Waals surface area contributed by atoms with Gasteiger partial charge in [-0.1, -0.05) is 23.7 Å². The Kier molecular flexibility index (Phi) is 3.85. The van der Waals surface area contributed by atoms with E-state index in [1.54, 1.807) is 10.9 Å². The fraction of sp³-hybridized carbons (Fsp3) is 0.267. The predicted octanol–water partition coefficient (Wildman–Crippen LogP) is 2.63. The van der Waals surface area contributed by atoms with E-state index < -0.39 is 0 Å². The van der Waals surface area contributed by atoms with Crippen molar-refractivity contribution in [2.24, 2.45) is 7.05 Å². The molecule has 0 aliphatic heterocycles. The van der Waals surface area contributed by atoms with Crippen molar-refractivity contribution >= 4 is 34.4 Å². The van der Waals surface area contributed by atoms with Crippen molar-refractivity contribution < 1.29 is 0 Å². The lowest BCUT2D eigenvalue weighted by molar-refractivity contribution is 0.768. The summed E-state index contributed by atoms with van der Waals surface area (Å²) < 4.78 is 1.70. The first-order valence-electron chi connectivity index (χ1n) is 7.03. The van der Waals surface area contributed by atoms with Gasteiger partial charge in [0.2, 0.25) is 5.95 Å². The lowest BCUT2D eigenvalue weighted by Crippen LogP contribution is -2.24. The minimum atomic E-state index is 0.442. The van der Waals surface area contributed by atoms with Gasteiger partial charge in [-0.3, -0.25) is 4.68 Å². The molecule has 0 aliphatic carbocycles. The number of benzene rings is 1. The second kappa shape index (κ2) is 5.81. The maximum absolute atomic E-state index is 6.05. The molecule has 3 aromatic rings. The predicted molar refractivity (Wildman–Crippen MR) is 88.9 cm³/mol. The molecule has 0 spiro atoms. The van der Waals surface area contributed by atoms with Crippen LogP contribution in [0.25, 0.3) is 11.0 Å². The second-order valence-corrected chi connectivity index (χ2v) is 5.49. The zero-order valence-corrected chi connectivity index (χ0v) is 13.2. The highest BCUT2D eigenvalue weighted by molar-refractivity contribution is 6.30. The van der Waals surface area contributed by atoms with Gasteiger partial charge >= 0.3 is 0 Å². The van der Waals surface area contributed by atoms with Crippen molar-refractivity contribution in [3.05, 3.63) is 41.0 Å². The molecule has 2 N–H and O–H groups in total. The first kappa shape index (κ1) is 14.6. The van der Waals surface area contributed by atoms with Crippen LogP contribution in [0.15, 0.2) is 30.5 Å². The Labute approximate surface area is 133 Å². The monoisotopic (exact) mass is 316 g/mol. The Morgan fingerprint density at radius 3 is 2.86 bits per heavy atom. The normalized spacial score (nSPS) is 11.0. The summed E-state index contributed by atoms with van der Waals surface area (Å²) in [5.74, 6) is 1.04. The van der Waals surface area contributed by atoms with Crippen LogP contribution in [0.5, 0.6) is 0 Å². The average Bonchev–Trinajstić information content (AvgIpc) is 2.87. The summed E-state index contributed by atoms with van der Waals surface area (Å²) >= 11 is 6.05. The summed E-state index contributed by atoms with van der Waals surface area (Å²) in [5.41, 5.74) is 7.86. The number of aryl methyl sites for hydroxylation is 1. The molecule has 0 bridgehead atoms. The third-order valence-electron chi connectivity index (χ3n) is 3.54. The Balaban J connectivity index is 1.98. The molecular weight excluding hydrogens is 300 g/mol. The Morgan fingerprint density at radius 1 is 1.32 bits per heavy atom. The van der Waals surface area contributed by atoms with Crippen LogP contribution in [0.2, 0.25) is 5.02 Å². The summed E-state index contributed by atoms with van der Waals surface area (Å²) in [6, 6.07) is 7.76. The van der Waals surface area contributed by atoms with Crippen molar-refractivity contribution in [1.29, 1.82) is 0 Å². The Morgan fingerprint density at radius 2 is 2.14 bits per heavy atom. The van der Waals surface area contributed by atoms with Crippen LogP contribution in [-0.4, -0.2) is 26.3 Å². The van der Waals surface area contributed by atoms with Crippen molar-refractivity contribution in [1.82, 2.24) is 19.7 Å². The maximum atomic E-state index is 6.05. The van der Waals surface area contributed by atoms with E-state index in [-0.39, 0.29) is 0 Å². The highest BCUT2D eigenvalue weighted by atomic mass is 35.5. The number of halogens is 1.